The van der Waals surface area contributed by atoms with E-state index in [0.29, 0.717) is 12.0 Å². The van der Waals surface area contributed by atoms with Gasteiger partial charge in [0.05, 0.1) is 6.04 Å². The lowest BCUT2D eigenvalue weighted by Gasteiger charge is -2.38. The van der Waals surface area contributed by atoms with Gasteiger partial charge >= 0.3 is 0 Å². The van der Waals surface area contributed by atoms with Crippen LogP contribution in [0.15, 0.2) is 48.5 Å². The van der Waals surface area contributed by atoms with Crippen molar-refractivity contribution in [2.75, 3.05) is 6.54 Å². The molecule has 4 rings (SSSR count). The lowest BCUT2D eigenvalue weighted by Crippen LogP contribution is -2.41. The van der Waals surface area contributed by atoms with Crippen LogP contribution < -0.4 is 0 Å². The molecule has 0 saturated heterocycles. The molecule has 3 aromatic carbocycles. The normalized spacial score (nSPS) is 15.8. The summed E-state index contributed by atoms with van der Waals surface area (Å²) in [6.07, 6.45) is 0.389. The van der Waals surface area contributed by atoms with Crippen LogP contribution in [0.2, 0.25) is 0 Å². The molecule has 0 N–H and O–H groups in total. The lowest BCUT2D eigenvalue weighted by molar-refractivity contribution is 0.0681. The summed E-state index contributed by atoms with van der Waals surface area (Å²) in [6.45, 7) is 1.95. The molecule has 2 nitrogen and oxygen atoms in total. The van der Waals surface area contributed by atoms with Gasteiger partial charge in [-0.1, -0.05) is 54.1 Å². The topological polar surface area (TPSA) is 20.3 Å². The second-order valence-corrected chi connectivity index (χ2v) is 7.21. The molecule has 7 heteroatoms. The number of rotatable bonds is 2. The van der Waals surface area contributed by atoms with Gasteiger partial charge in [-0.3, -0.25) is 4.79 Å². The fourth-order valence-electron chi connectivity index (χ4n) is 3.83. The SMILES string of the molecule is Cc1ccc([C@H]2c3ccccc3CCN2C(=O)c2c(F)c(F)c(F)c(F)c2F)cc1. The molecule has 0 unspecified atom stereocenters. The standard InChI is InChI=1S/C23H16F5NO/c1-12-6-8-14(9-7-12)22-15-5-3-2-4-13(15)10-11-29(22)23(30)16-17(24)19(26)21(28)20(27)18(16)25/h2-9,22H,10-11H2,1H3/t22-/m0/s1. The zero-order valence-electron chi connectivity index (χ0n) is 15.9. The first kappa shape index (κ1) is 20.1. The monoisotopic (exact) mass is 417 g/mol. The molecule has 0 radical (unpaired) electrons. The van der Waals surface area contributed by atoms with Gasteiger partial charge in [0, 0.05) is 6.54 Å². The fourth-order valence-corrected chi connectivity index (χ4v) is 3.83. The van der Waals surface area contributed by atoms with Crippen LogP contribution in [0.25, 0.3) is 0 Å². The zero-order chi connectivity index (χ0) is 21.6. The van der Waals surface area contributed by atoms with Crippen molar-refractivity contribution in [2.24, 2.45) is 0 Å². The van der Waals surface area contributed by atoms with Gasteiger partial charge in [-0.15, -0.1) is 0 Å². The highest BCUT2D eigenvalue weighted by molar-refractivity contribution is 5.95. The van der Waals surface area contributed by atoms with Gasteiger partial charge in [-0.05, 0) is 30.0 Å². The Morgan fingerprint density at radius 3 is 2.03 bits per heavy atom. The summed E-state index contributed by atoms with van der Waals surface area (Å²) in [5.41, 5.74) is 1.89. The van der Waals surface area contributed by atoms with E-state index in [0.717, 1.165) is 21.6 Å². The number of halogens is 5. The quantitative estimate of drug-likeness (QED) is 0.307. The second-order valence-electron chi connectivity index (χ2n) is 7.21. The van der Waals surface area contributed by atoms with Crippen molar-refractivity contribution in [3.63, 3.8) is 0 Å². The average molecular weight is 417 g/mol. The molecule has 30 heavy (non-hydrogen) atoms. The summed E-state index contributed by atoms with van der Waals surface area (Å²) in [5.74, 6) is -12.1. The smallest absolute Gasteiger partial charge is 0.260 e. The van der Waals surface area contributed by atoms with E-state index in [1.165, 1.54) is 0 Å². The minimum Gasteiger partial charge on any atom is -0.327 e. The minimum absolute atomic E-state index is 0.0634. The molecule has 3 aromatic rings. The number of carbonyl (C=O) groups is 1. The largest absolute Gasteiger partial charge is 0.327 e. The highest BCUT2D eigenvalue weighted by Crippen LogP contribution is 2.37. The summed E-state index contributed by atoms with van der Waals surface area (Å²) in [6, 6.07) is 13.8. The minimum atomic E-state index is -2.29. The third-order valence-electron chi connectivity index (χ3n) is 5.36. The van der Waals surface area contributed by atoms with Gasteiger partial charge < -0.3 is 4.90 Å². The van der Waals surface area contributed by atoms with E-state index in [-0.39, 0.29) is 6.54 Å². The number of nitrogens with zero attached hydrogens (tertiary/aromatic N) is 1. The molecule has 0 spiro atoms. The summed E-state index contributed by atoms with van der Waals surface area (Å²) < 4.78 is 69.5. The Labute approximate surface area is 169 Å². The van der Waals surface area contributed by atoms with Crippen molar-refractivity contribution in [3.05, 3.63) is 105 Å². The van der Waals surface area contributed by atoms with Crippen molar-refractivity contribution in [3.8, 4) is 0 Å². The van der Waals surface area contributed by atoms with Gasteiger partial charge in [0.2, 0.25) is 5.82 Å². The number of benzene rings is 3. The summed E-state index contributed by atoms with van der Waals surface area (Å²) in [4.78, 5) is 14.3. The van der Waals surface area contributed by atoms with Gasteiger partial charge in [-0.2, -0.15) is 0 Å². The summed E-state index contributed by atoms with van der Waals surface area (Å²) >= 11 is 0. The summed E-state index contributed by atoms with van der Waals surface area (Å²) in [7, 11) is 0. The molecular weight excluding hydrogens is 401 g/mol. The Kier molecular flexibility index (Phi) is 5.05. The molecule has 1 aliphatic rings. The number of amides is 1. The van der Waals surface area contributed by atoms with Crippen LogP contribution in [0.1, 0.15) is 38.7 Å². The first-order chi connectivity index (χ1) is 14.3. The van der Waals surface area contributed by atoms with Crippen LogP contribution in [-0.4, -0.2) is 17.4 Å². The van der Waals surface area contributed by atoms with E-state index in [1.807, 2.05) is 31.2 Å². The van der Waals surface area contributed by atoms with Crippen LogP contribution in [-0.2, 0) is 6.42 Å². The molecule has 0 fully saturated rings. The number of hydrogen-bond acceptors (Lipinski definition) is 1. The third kappa shape index (κ3) is 3.14. The predicted molar refractivity (Wildman–Crippen MR) is 100 cm³/mol. The van der Waals surface area contributed by atoms with Crippen molar-refractivity contribution in [1.82, 2.24) is 4.90 Å². The Hall–Kier alpha value is -3.22. The molecule has 0 aromatic heterocycles. The Balaban J connectivity index is 1.87. The van der Waals surface area contributed by atoms with Crippen molar-refractivity contribution in [2.45, 2.75) is 19.4 Å². The molecule has 1 aliphatic heterocycles. The number of carbonyl (C=O) groups excluding carboxylic acids is 1. The molecule has 0 bridgehead atoms. The Morgan fingerprint density at radius 1 is 0.833 bits per heavy atom. The highest BCUT2D eigenvalue weighted by atomic mass is 19.2. The molecule has 0 aliphatic carbocycles. The van der Waals surface area contributed by atoms with E-state index in [2.05, 4.69) is 0 Å². The van der Waals surface area contributed by atoms with Crippen LogP contribution in [0.5, 0.6) is 0 Å². The molecule has 0 saturated carbocycles. The van der Waals surface area contributed by atoms with Crippen LogP contribution >= 0.6 is 0 Å². The van der Waals surface area contributed by atoms with Crippen molar-refractivity contribution >= 4 is 5.91 Å². The van der Waals surface area contributed by atoms with Crippen LogP contribution in [0, 0.1) is 36.0 Å². The number of hydrogen-bond donors (Lipinski definition) is 0. The maximum absolute atomic E-state index is 14.3. The molecular formula is C23H16F5NO. The maximum atomic E-state index is 14.3. The van der Waals surface area contributed by atoms with Crippen molar-refractivity contribution < 1.29 is 26.7 Å². The average Bonchev–Trinajstić information content (AvgIpc) is 2.76. The van der Waals surface area contributed by atoms with E-state index >= 15 is 0 Å². The van der Waals surface area contributed by atoms with Gasteiger partial charge in [-0.25, -0.2) is 22.0 Å². The Bertz CT molecular complexity index is 1110. The number of aryl methyl sites for hydroxylation is 1. The third-order valence-corrected chi connectivity index (χ3v) is 5.36. The van der Waals surface area contributed by atoms with Crippen LogP contribution in [0.4, 0.5) is 22.0 Å². The van der Waals surface area contributed by atoms with Gasteiger partial charge in [0.1, 0.15) is 5.56 Å². The molecule has 1 heterocycles. The second kappa shape index (κ2) is 7.55. The van der Waals surface area contributed by atoms with Crippen molar-refractivity contribution in [1.29, 1.82) is 0 Å². The highest BCUT2D eigenvalue weighted by Gasteiger charge is 2.37. The lowest BCUT2D eigenvalue weighted by atomic mass is 9.87. The number of fused-ring (bicyclic) bond motifs is 1. The maximum Gasteiger partial charge on any atom is 0.260 e. The van der Waals surface area contributed by atoms with Crippen LogP contribution in [0.3, 0.4) is 0 Å². The zero-order valence-corrected chi connectivity index (χ0v) is 15.9. The van der Waals surface area contributed by atoms with Gasteiger partial charge in [0.15, 0.2) is 23.3 Å². The van der Waals surface area contributed by atoms with E-state index in [9.17, 15) is 26.7 Å². The molecule has 1 atom stereocenters. The first-order valence-electron chi connectivity index (χ1n) is 9.28. The fraction of sp³-hybridized carbons (Fsp3) is 0.174. The Morgan fingerprint density at radius 2 is 1.40 bits per heavy atom. The molecule has 154 valence electrons. The summed E-state index contributed by atoms with van der Waals surface area (Å²) in [5, 5.41) is 0. The van der Waals surface area contributed by atoms with E-state index < -0.39 is 46.6 Å². The van der Waals surface area contributed by atoms with E-state index in [4.69, 9.17) is 0 Å². The van der Waals surface area contributed by atoms with E-state index in [1.54, 1.807) is 24.3 Å². The predicted octanol–water partition coefficient (Wildman–Crippen LogP) is 5.48. The molecule has 1 amide bonds. The van der Waals surface area contributed by atoms with Gasteiger partial charge in [0.25, 0.3) is 5.91 Å². The first-order valence-corrected chi connectivity index (χ1v) is 9.28.